The van der Waals surface area contributed by atoms with E-state index < -0.39 is 0 Å². The number of carbonyl (C=O) groups is 1. The van der Waals surface area contributed by atoms with Gasteiger partial charge in [0.05, 0.1) is 0 Å². The minimum Gasteiger partial charge on any atom is -0.337 e. The predicted octanol–water partition coefficient (Wildman–Crippen LogP) is 1.98. The van der Waals surface area contributed by atoms with E-state index in [1.165, 1.54) is 12.2 Å². The summed E-state index contributed by atoms with van der Waals surface area (Å²) in [5.41, 5.74) is 0.746. The lowest BCUT2D eigenvalue weighted by Gasteiger charge is -2.22. The van der Waals surface area contributed by atoms with Gasteiger partial charge in [0.25, 0.3) is 5.91 Å². The predicted molar refractivity (Wildman–Crippen MR) is 84.2 cm³/mol. The van der Waals surface area contributed by atoms with Gasteiger partial charge in [-0.3, -0.25) is 9.78 Å². The molecular weight excluding hydrogens is 270 g/mol. The van der Waals surface area contributed by atoms with E-state index in [-0.39, 0.29) is 5.91 Å². The van der Waals surface area contributed by atoms with E-state index >= 15 is 0 Å². The van der Waals surface area contributed by atoms with Gasteiger partial charge in [-0.1, -0.05) is 0 Å². The van der Waals surface area contributed by atoms with Gasteiger partial charge in [0, 0.05) is 37.6 Å². The summed E-state index contributed by atoms with van der Waals surface area (Å²) in [6, 6.07) is 3.59. The van der Waals surface area contributed by atoms with Gasteiger partial charge in [-0.05, 0) is 50.1 Å². The summed E-state index contributed by atoms with van der Waals surface area (Å²) in [4.78, 5) is 20.8. The number of carbonyl (C=O) groups excluding carboxylic acids is 1. The maximum absolute atomic E-state index is 12.4. The van der Waals surface area contributed by atoms with Gasteiger partial charge in [-0.2, -0.15) is 11.8 Å². The Morgan fingerprint density at radius 1 is 1.25 bits per heavy atom. The van der Waals surface area contributed by atoms with Crippen LogP contribution in [0, 0.1) is 0 Å². The molecule has 4 nitrogen and oxygen atoms in total. The van der Waals surface area contributed by atoms with E-state index in [0.29, 0.717) is 0 Å². The number of thioether (sulfide) groups is 1. The van der Waals surface area contributed by atoms with Crippen LogP contribution in [-0.2, 0) is 0 Å². The van der Waals surface area contributed by atoms with Crippen LogP contribution < -0.4 is 0 Å². The Kier molecular flexibility index (Phi) is 6.33. The highest BCUT2D eigenvalue weighted by molar-refractivity contribution is 7.98. The molecule has 0 radical (unpaired) electrons. The zero-order valence-corrected chi connectivity index (χ0v) is 12.9. The average molecular weight is 293 g/mol. The number of hydrogen-bond donors (Lipinski definition) is 0. The molecule has 1 saturated heterocycles. The van der Waals surface area contributed by atoms with E-state index in [2.05, 4.69) is 16.1 Å². The topological polar surface area (TPSA) is 36.4 Å². The highest BCUT2D eigenvalue weighted by Gasteiger charge is 2.19. The Labute approximate surface area is 125 Å². The second-order valence-electron chi connectivity index (χ2n) is 5.07. The van der Waals surface area contributed by atoms with Gasteiger partial charge >= 0.3 is 0 Å². The largest absolute Gasteiger partial charge is 0.337 e. The summed E-state index contributed by atoms with van der Waals surface area (Å²) in [7, 11) is 0. The van der Waals surface area contributed by atoms with Crippen LogP contribution in [-0.4, -0.2) is 65.4 Å². The molecule has 2 rings (SSSR count). The van der Waals surface area contributed by atoms with Crippen molar-refractivity contribution in [2.24, 2.45) is 0 Å². The number of amides is 1. The smallest absolute Gasteiger partial charge is 0.254 e. The van der Waals surface area contributed by atoms with Crippen LogP contribution in [0.4, 0.5) is 0 Å². The minimum absolute atomic E-state index is 0.137. The molecule has 0 N–H and O–H groups in total. The van der Waals surface area contributed by atoms with Crippen molar-refractivity contribution in [3.63, 3.8) is 0 Å². The Morgan fingerprint density at radius 2 is 2.05 bits per heavy atom. The number of nitrogens with zero attached hydrogens (tertiary/aromatic N) is 3. The Balaban J connectivity index is 1.85. The van der Waals surface area contributed by atoms with E-state index in [9.17, 15) is 4.79 Å². The lowest BCUT2D eigenvalue weighted by molar-refractivity contribution is 0.0761. The number of hydrogen-bond acceptors (Lipinski definition) is 4. The van der Waals surface area contributed by atoms with Crippen molar-refractivity contribution >= 4 is 17.7 Å². The third kappa shape index (κ3) is 4.49. The van der Waals surface area contributed by atoms with Gasteiger partial charge < -0.3 is 9.80 Å². The Bertz CT molecular complexity index is 413. The van der Waals surface area contributed by atoms with Gasteiger partial charge in [-0.25, -0.2) is 0 Å². The first-order valence-corrected chi connectivity index (χ1v) is 8.61. The van der Waals surface area contributed by atoms with Gasteiger partial charge in [0.2, 0.25) is 0 Å². The summed E-state index contributed by atoms with van der Waals surface area (Å²) < 4.78 is 0. The van der Waals surface area contributed by atoms with Crippen LogP contribution in [0.2, 0.25) is 0 Å². The third-order valence-electron chi connectivity index (χ3n) is 3.63. The first-order chi connectivity index (χ1) is 9.81. The van der Waals surface area contributed by atoms with Crippen molar-refractivity contribution in [1.29, 1.82) is 0 Å². The molecule has 0 aromatic carbocycles. The molecule has 1 aromatic rings. The minimum atomic E-state index is 0.137. The molecule has 110 valence electrons. The van der Waals surface area contributed by atoms with Crippen molar-refractivity contribution in [2.45, 2.75) is 12.8 Å². The fraction of sp³-hybridized carbons (Fsp3) is 0.600. The summed E-state index contributed by atoms with van der Waals surface area (Å²) in [6.45, 7) is 4.94. The quantitative estimate of drug-likeness (QED) is 0.778. The maximum atomic E-state index is 12.4. The van der Waals surface area contributed by atoms with Crippen LogP contribution >= 0.6 is 11.8 Å². The van der Waals surface area contributed by atoms with E-state index in [1.54, 1.807) is 24.5 Å². The Hall–Kier alpha value is -1.07. The van der Waals surface area contributed by atoms with Crippen molar-refractivity contribution < 1.29 is 4.79 Å². The second-order valence-corrected chi connectivity index (χ2v) is 6.06. The standard InChI is InChI=1S/C15H23N3OS/c1-20-13-3-9-17-8-2-10-18(12-11-17)15(19)14-4-6-16-7-5-14/h4-7H,2-3,8-13H2,1H3. The normalized spacial score (nSPS) is 16.9. The molecular formula is C15H23N3OS. The molecule has 2 heterocycles. The molecule has 1 fully saturated rings. The van der Waals surface area contributed by atoms with Crippen LogP contribution in [0.25, 0.3) is 0 Å². The molecule has 0 aliphatic carbocycles. The average Bonchev–Trinajstić information content (AvgIpc) is 2.73. The monoisotopic (exact) mass is 293 g/mol. The molecule has 5 heteroatoms. The number of pyridine rings is 1. The second kappa shape index (κ2) is 8.27. The number of rotatable bonds is 5. The van der Waals surface area contributed by atoms with Crippen LogP contribution in [0.5, 0.6) is 0 Å². The maximum Gasteiger partial charge on any atom is 0.254 e. The molecule has 1 aliphatic heterocycles. The van der Waals surface area contributed by atoms with E-state index in [1.807, 2.05) is 16.7 Å². The van der Waals surface area contributed by atoms with Crippen molar-refractivity contribution in [2.75, 3.05) is 44.7 Å². The van der Waals surface area contributed by atoms with Gasteiger partial charge in [-0.15, -0.1) is 0 Å². The Morgan fingerprint density at radius 3 is 2.80 bits per heavy atom. The molecule has 20 heavy (non-hydrogen) atoms. The zero-order valence-electron chi connectivity index (χ0n) is 12.1. The lowest BCUT2D eigenvalue weighted by Crippen LogP contribution is -2.35. The highest BCUT2D eigenvalue weighted by Crippen LogP contribution is 2.09. The van der Waals surface area contributed by atoms with Crippen molar-refractivity contribution in [3.8, 4) is 0 Å². The highest BCUT2D eigenvalue weighted by atomic mass is 32.2. The first kappa shape index (κ1) is 15.3. The summed E-state index contributed by atoms with van der Waals surface area (Å²) >= 11 is 1.90. The SMILES string of the molecule is CSCCCN1CCCN(C(=O)c2ccncc2)CC1. The fourth-order valence-electron chi connectivity index (χ4n) is 2.51. The van der Waals surface area contributed by atoms with E-state index in [0.717, 1.165) is 44.7 Å². The van der Waals surface area contributed by atoms with Crippen LogP contribution in [0.1, 0.15) is 23.2 Å². The molecule has 0 saturated carbocycles. The fourth-order valence-corrected chi connectivity index (χ4v) is 2.92. The summed E-state index contributed by atoms with van der Waals surface area (Å²) in [6.07, 6.45) is 7.81. The summed E-state index contributed by atoms with van der Waals surface area (Å²) in [5.74, 6) is 1.36. The summed E-state index contributed by atoms with van der Waals surface area (Å²) in [5, 5.41) is 0. The lowest BCUT2D eigenvalue weighted by atomic mass is 10.2. The zero-order chi connectivity index (χ0) is 14.2. The first-order valence-electron chi connectivity index (χ1n) is 7.22. The van der Waals surface area contributed by atoms with Gasteiger partial charge in [0.1, 0.15) is 0 Å². The van der Waals surface area contributed by atoms with Crippen LogP contribution in [0.15, 0.2) is 24.5 Å². The molecule has 0 unspecified atom stereocenters. The van der Waals surface area contributed by atoms with Crippen molar-refractivity contribution in [1.82, 2.24) is 14.8 Å². The van der Waals surface area contributed by atoms with E-state index in [4.69, 9.17) is 0 Å². The molecule has 0 spiro atoms. The molecule has 0 atom stereocenters. The molecule has 1 aliphatic rings. The molecule has 0 bridgehead atoms. The van der Waals surface area contributed by atoms with Crippen molar-refractivity contribution in [3.05, 3.63) is 30.1 Å². The van der Waals surface area contributed by atoms with Crippen LogP contribution in [0.3, 0.4) is 0 Å². The molecule has 1 aromatic heterocycles. The number of aromatic nitrogens is 1. The van der Waals surface area contributed by atoms with Gasteiger partial charge in [0.15, 0.2) is 0 Å². The molecule has 1 amide bonds. The third-order valence-corrected chi connectivity index (χ3v) is 4.32.